The first-order valence-corrected chi connectivity index (χ1v) is 9.13. The number of benzene rings is 1. The molecule has 0 radical (unpaired) electrons. The first-order chi connectivity index (χ1) is 13.0. The molecule has 0 unspecified atom stereocenters. The molecular weight excluding hydrogens is 370 g/mol. The van der Waals surface area contributed by atoms with Crippen LogP contribution in [0.2, 0.25) is 0 Å². The van der Waals surface area contributed by atoms with E-state index in [-0.39, 0.29) is 17.3 Å². The summed E-state index contributed by atoms with van der Waals surface area (Å²) in [5.74, 6) is 1.12. The van der Waals surface area contributed by atoms with Crippen molar-refractivity contribution in [3.63, 3.8) is 0 Å². The summed E-state index contributed by atoms with van der Waals surface area (Å²) in [6.45, 7) is 4.30. The molecule has 3 rings (SSSR count). The highest BCUT2D eigenvalue weighted by molar-refractivity contribution is 7.99. The Morgan fingerprint density at radius 2 is 2.19 bits per heavy atom. The Morgan fingerprint density at radius 3 is 2.81 bits per heavy atom. The minimum absolute atomic E-state index is 0.0126. The highest BCUT2D eigenvalue weighted by Crippen LogP contribution is 2.25. The summed E-state index contributed by atoms with van der Waals surface area (Å²) < 4.78 is 7.23. The summed E-state index contributed by atoms with van der Waals surface area (Å²) >= 11 is 1.26. The van der Waals surface area contributed by atoms with Gasteiger partial charge in [-0.1, -0.05) is 11.8 Å². The fourth-order valence-corrected chi connectivity index (χ4v) is 3.29. The number of nitrogens with zero attached hydrogens (tertiary/aromatic N) is 4. The molecule has 1 N–H and O–H groups in total. The number of thioether (sulfide) groups is 1. The van der Waals surface area contributed by atoms with Gasteiger partial charge in [-0.05, 0) is 37.6 Å². The van der Waals surface area contributed by atoms with Crippen LogP contribution in [0.3, 0.4) is 0 Å². The number of aryl methyl sites for hydroxylation is 1. The first-order valence-electron chi connectivity index (χ1n) is 8.14. The van der Waals surface area contributed by atoms with Crippen molar-refractivity contribution in [2.75, 3.05) is 11.1 Å². The number of hydrogen-bond donors (Lipinski definition) is 1. The lowest BCUT2D eigenvalue weighted by Crippen LogP contribution is -2.15. The molecule has 27 heavy (non-hydrogen) atoms. The third-order valence-corrected chi connectivity index (χ3v) is 4.77. The topological polar surface area (TPSA) is 116 Å². The average molecular weight is 387 g/mol. The predicted octanol–water partition coefficient (Wildman–Crippen LogP) is 3.51. The van der Waals surface area contributed by atoms with Crippen molar-refractivity contribution < 1.29 is 14.1 Å². The molecule has 0 bridgehead atoms. The zero-order chi connectivity index (χ0) is 19.4. The molecule has 0 aliphatic rings. The fraction of sp³-hybridized carbons (Fsp3) is 0.235. The molecule has 1 aromatic carbocycles. The number of nitrogens with one attached hydrogen (secondary N) is 1. The maximum Gasteiger partial charge on any atom is 0.269 e. The van der Waals surface area contributed by atoms with Crippen LogP contribution in [0.4, 0.5) is 11.4 Å². The molecule has 0 saturated heterocycles. The number of aromatic nitrogens is 3. The first kappa shape index (κ1) is 18.6. The van der Waals surface area contributed by atoms with E-state index >= 15 is 0 Å². The van der Waals surface area contributed by atoms with E-state index in [0.29, 0.717) is 34.5 Å². The molecule has 3 aromatic rings. The number of amides is 1. The van der Waals surface area contributed by atoms with E-state index in [1.165, 1.54) is 30.0 Å². The Bertz CT molecular complexity index is 968. The number of hydrogen-bond acceptors (Lipinski definition) is 7. The van der Waals surface area contributed by atoms with Crippen molar-refractivity contribution >= 4 is 29.0 Å². The Hall–Kier alpha value is -3.14. The molecule has 0 fully saturated rings. The highest BCUT2D eigenvalue weighted by atomic mass is 32.2. The molecule has 0 aliphatic heterocycles. The summed E-state index contributed by atoms with van der Waals surface area (Å²) in [7, 11) is 0. The van der Waals surface area contributed by atoms with Gasteiger partial charge in [0.05, 0.1) is 16.9 Å². The standard InChI is InChI=1S/C17H17N5O4S/c1-3-21-16(14-5-4-8-26-14)19-20-17(21)27-10-15(23)18-13-7-6-12(22(24)25)9-11(13)2/h4-9H,3,10H2,1-2H3,(H,18,23). The number of furan rings is 1. The van der Waals surface area contributed by atoms with Crippen molar-refractivity contribution in [3.8, 4) is 11.6 Å². The van der Waals surface area contributed by atoms with Crippen LogP contribution < -0.4 is 5.32 Å². The molecular formula is C17H17N5O4S. The van der Waals surface area contributed by atoms with Crippen molar-refractivity contribution in [1.29, 1.82) is 0 Å². The summed E-state index contributed by atoms with van der Waals surface area (Å²) in [5.41, 5.74) is 1.15. The van der Waals surface area contributed by atoms with Crippen LogP contribution in [0.15, 0.2) is 46.2 Å². The van der Waals surface area contributed by atoms with Gasteiger partial charge in [0.2, 0.25) is 5.91 Å². The van der Waals surface area contributed by atoms with E-state index in [1.807, 2.05) is 11.5 Å². The van der Waals surface area contributed by atoms with Crippen molar-refractivity contribution in [2.45, 2.75) is 25.5 Å². The number of non-ortho nitro benzene ring substituents is 1. The second-order valence-corrected chi connectivity index (χ2v) is 6.56. The number of anilines is 1. The Morgan fingerprint density at radius 1 is 1.37 bits per heavy atom. The third-order valence-electron chi connectivity index (χ3n) is 3.80. The number of nitro groups is 1. The highest BCUT2D eigenvalue weighted by Gasteiger charge is 2.17. The molecule has 9 nitrogen and oxygen atoms in total. The third kappa shape index (κ3) is 4.17. The SMILES string of the molecule is CCn1c(SCC(=O)Nc2ccc([N+](=O)[O-])cc2C)nnc1-c1ccco1. The maximum atomic E-state index is 12.3. The van der Waals surface area contributed by atoms with E-state index in [2.05, 4.69) is 15.5 Å². The summed E-state index contributed by atoms with van der Waals surface area (Å²) in [5, 5.41) is 22.4. The van der Waals surface area contributed by atoms with Crippen molar-refractivity contribution in [3.05, 3.63) is 52.3 Å². The monoisotopic (exact) mass is 387 g/mol. The van der Waals surface area contributed by atoms with Gasteiger partial charge in [-0.15, -0.1) is 10.2 Å². The van der Waals surface area contributed by atoms with Crippen LogP contribution in [0.1, 0.15) is 12.5 Å². The average Bonchev–Trinajstić information content (AvgIpc) is 3.30. The van der Waals surface area contributed by atoms with E-state index < -0.39 is 4.92 Å². The van der Waals surface area contributed by atoms with Crippen LogP contribution in [0.25, 0.3) is 11.6 Å². The van der Waals surface area contributed by atoms with Gasteiger partial charge in [-0.2, -0.15) is 0 Å². The lowest BCUT2D eigenvalue weighted by molar-refractivity contribution is -0.384. The van der Waals surface area contributed by atoms with Gasteiger partial charge in [0.25, 0.3) is 5.69 Å². The number of rotatable bonds is 7. The van der Waals surface area contributed by atoms with Gasteiger partial charge in [0.15, 0.2) is 16.7 Å². The van der Waals surface area contributed by atoms with E-state index in [9.17, 15) is 14.9 Å². The molecule has 0 aliphatic carbocycles. The Labute approximate surface area is 158 Å². The fourth-order valence-electron chi connectivity index (χ4n) is 2.49. The largest absolute Gasteiger partial charge is 0.461 e. The smallest absolute Gasteiger partial charge is 0.269 e. The van der Waals surface area contributed by atoms with Gasteiger partial charge in [0, 0.05) is 24.4 Å². The molecule has 1 amide bonds. The summed E-state index contributed by atoms with van der Waals surface area (Å²) in [6.07, 6.45) is 1.57. The van der Waals surface area contributed by atoms with E-state index in [4.69, 9.17) is 4.42 Å². The molecule has 0 atom stereocenters. The normalized spacial score (nSPS) is 10.7. The molecule has 2 heterocycles. The van der Waals surface area contributed by atoms with Crippen LogP contribution in [0, 0.1) is 17.0 Å². The van der Waals surface area contributed by atoms with Gasteiger partial charge >= 0.3 is 0 Å². The minimum atomic E-state index is -0.470. The summed E-state index contributed by atoms with van der Waals surface area (Å²) in [6, 6.07) is 7.89. The zero-order valence-electron chi connectivity index (χ0n) is 14.7. The summed E-state index contributed by atoms with van der Waals surface area (Å²) in [4.78, 5) is 22.6. The van der Waals surface area contributed by atoms with Gasteiger partial charge in [-0.25, -0.2) is 0 Å². The number of nitro benzene ring substituents is 1. The van der Waals surface area contributed by atoms with Crippen LogP contribution in [0.5, 0.6) is 0 Å². The van der Waals surface area contributed by atoms with E-state index in [1.54, 1.807) is 25.3 Å². The predicted molar refractivity (Wildman–Crippen MR) is 101 cm³/mol. The Kier molecular flexibility index (Phi) is 5.55. The van der Waals surface area contributed by atoms with Crippen molar-refractivity contribution in [1.82, 2.24) is 14.8 Å². The van der Waals surface area contributed by atoms with Gasteiger partial charge in [0.1, 0.15) is 0 Å². The molecule has 0 saturated carbocycles. The number of carbonyl (C=O) groups is 1. The maximum absolute atomic E-state index is 12.3. The quantitative estimate of drug-likeness (QED) is 0.374. The molecule has 0 spiro atoms. The van der Waals surface area contributed by atoms with Crippen LogP contribution in [-0.4, -0.2) is 31.3 Å². The van der Waals surface area contributed by atoms with Crippen LogP contribution in [-0.2, 0) is 11.3 Å². The number of carbonyl (C=O) groups excluding carboxylic acids is 1. The second kappa shape index (κ2) is 8.04. The molecule has 2 aromatic heterocycles. The molecule has 140 valence electrons. The lowest BCUT2D eigenvalue weighted by atomic mass is 10.2. The van der Waals surface area contributed by atoms with Gasteiger partial charge < -0.3 is 9.73 Å². The minimum Gasteiger partial charge on any atom is -0.461 e. The lowest BCUT2D eigenvalue weighted by Gasteiger charge is -2.08. The zero-order valence-corrected chi connectivity index (χ0v) is 15.5. The van der Waals surface area contributed by atoms with E-state index in [0.717, 1.165) is 0 Å². The van der Waals surface area contributed by atoms with Crippen molar-refractivity contribution in [2.24, 2.45) is 0 Å². The van der Waals surface area contributed by atoms with Gasteiger partial charge in [-0.3, -0.25) is 19.5 Å². The Balaban J connectivity index is 1.65. The van der Waals surface area contributed by atoms with Crippen LogP contribution >= 0.6 is 11.8 Å². The second-order valence-electron chi connectivity index (χ2n) is 5.62. The molecule has 10 heteroatoms.